The van der Waals surface area contributed by atoms with Gasteiger partial charge in [0.2, 0.25) is 5.91 Å². The molecule has 0 saturated carbocycles. The second-order valence-electron chi connectivity index (χ2n) is 8.88. The van der Waals surface area contributed by atoms with Crippen molar-refractivity contribution in [1.29, 1.82) is 0 Å². The quantitative estimate of drug-likeness (QED) is 0.193. The minimum Gasteiger partial charge on any atom is -0.356 e. The molecule has 1 rings (SSSR count). The molecule has 174 valence electrons. The molecule has 0 aliphatic heterocycles. The van der Waals surface area contributed by atoms with Crippen molar-refractivity contribution in [3.8, 4) is 0 Å². The standard InChI is InChI=1S/C25H46BrN3O/c1-3-4-5-6-7-8-9-10-11-12-13-14-15-16-17-18-19-27-25(30)23(2)21-29-22-24(26)20-28-29/h20,22-23H,3-19,21H2,1-2H3,(H,27,30). The first-order valence-electron chi connectivity index (χ1n) is 12.6. The summed E-state index contributed by atoms with van der Waals surface area (Å²) in [6, 6.07) is 0. The van der Waals surface area contributed by atoms with Crippen molar-refractivity contribution >= 4 is 21.8 Å². The zero-order valence-electron chi connectivity index (χ0n) is 19.6. The van der Waals surface area contributed by atoms with Gasteiger partial charge in [0.1, 0.15) is 0 Å². The van der Waals surface area contributed by atoms with E-state index in [2.05, 4.69) is 33.3 Å². The van der Waals surface area contributed by atoms with Crippen LogP contribution in [0.4, 0.5) is 0 Å². The molecule has 0 aliphatic rings. The largest absolute Gasteiger partial charge is 0.356 e. The molecule has 1 atom stereocenters. The third kappa shape index (κ3) is 15.0. The lowest BCUT2D eigenvalue weighted by Crippen LogP contribution is -2.32. The first kappa shape index (κ1) is 27.2. The molecule has 0 aromatic carbocycles. The van der Waals surface area contributed by atoms with E-state index in [4.69, 9.17) is 0 Å². The minimum atomic E-state index is -0.0575. The molecule has 5 heteroatoms. The minimum absolute atomic E-state index is 0.0575. The Hall–Kier alpha value is -0.840. The molecule has 1 unspecified atom stereocenters. The van der Waals surface area contributed by atoms with E-state index in [-0.39, 0.29) is 11.8 Å². The fourth-order valence-electron chi connectivity index (χ4n) is 3.86. The molecule has 1 amide bonds. The Kier molecular flexibility index (Phi) is 17.1. The normalized spacial score (nSPS) is 12.2. The summed E-state index contributed by atoms with van der Waals surface area (Å²) in [7, 11) is 0. The van der Waals surface area contributed by atoms with E-state index in [0.717, 1.165) is 17.4 Å². The monoisotopic (exact) mass is 483 g/mol. The Morgan fingerprint density at radius 1 is 0.900 bits per heavy atom. The van der Waals surface area contributed by atoms with Crippen LogP contribution in [0.3, 0.4) is 0 Å². The van der Waals surface area contributed by atoms with E-state index in [0.29, 0.717) is 6.54 Å². The van der Waals surface area contributed by atoms with Gasteiger partial charge in [0.25, 0.3) is 0 Å². The maximum atomic E-state index is 12.2. The van der Waals surface area contributed by atoms with Gasteiger partial charge in [-0.05, 0) is 22.4 Å². The highest BCUT2D eigenvalue weighted by atomic mass is 79.9. The Morgan fingerprint density at radius 3 is 1.80 bits per heavy atom. The zero-order valence-corrected chi connectivity index (χ0v) is 21.2. The lowest BCUT2D eigenvalue weighted by atomic mass is 10.0. The Labute approximate surface area is 194 Å². The van der Waals surface area contributed by atoms with Crippen LogP contribution >= 0.6 is 15.9 Å². The van der Waals surface area contributed by atoms with Crippen LogP contribution in [0.2, 0.25) is 0 Å². The second-order valence-corrected chi connectivity index (χ2v) is 9.79. The number of hydrogen-bond acceptors (Lipinski definition) is 2. The van der Waals surface area contributed by atoms with Crippen LogP contribution in [0.5, 0.6) is 0 Å². The highest BCUT2D eigenvalue weighted by Gasteiger charge is 2.13. The maximum Gasteiger partial charge on any atom is 0.224 e. The van der Waals surface area contributed by atoms with Gasteiger partial charge in [-0.1, -0.05) is 110 Å². The predicted molar refractivity (Wildman–Crippen MR) is 132 cm³/mol. The van der Waals surface area contributed by atoms with Crippen molar-refractivity contribution in [3.05, 3.63) is 16.9 Å². The van der Waals surface area contributed by atoms with Gasteiger partial charge in [0.05, 0.1) is 23.1 Å². The summed E-state index contributed by atoms with van der Waals surface area (Å²) in [5.74, 6) is 0.0699. The summed E-state index contributed by atoms with van der Waals surface area (Å²) in [6.07, 6.45) is 25.6. The van der Waals surface area contributed by atoms with Crippen molar-refractivity contribution in [2.45, 2.75) is 123 Å². The number of halogens is 1. The fourth-order valence-corrected chi connectivity index (χ4v) is 4.19. The average molecular weight is 485 g/mol. The number of carbonyl (C=O) groups is 1. The Bertz CT molecular complexity index is 532. The van der Waals surface area contributed by atoms with Crippen LogP contribution in [0, 0.1) is 5.92 Å². The Balaban J connectivity index is 1.80. The van der Waals surface area contributed by atoms with E-state index < -0.39 is 0 Å². The summed E-state index contributed by atoms with van der Waals surface area (Å²) < 4.78 is 2.76. The molecule has 1 N–H and O–H groups in total. The number of nitrogens with one attached hydrogen (secondary N) is 1. The van der Waals surface area contributed by atoms with Gasteiger partial charge in [-0.3, -0.25) is 9.48 Å². The highest BCUT2D eigenvalue weighted by molar-refractivity contribution is 9.10. The molecule has 0 aliphatic carbocycles. The third-order valence-corrected chi connectivity index (χ3v) is 6.25. The van der Waals surface area contributed by atoms with Gasteiger partial charge in [-0.15, -0.1) is 0 Å². The number of aromatic nitrogens is 2. The van der Waals surface area contributed by atoms with Gasteiger partial charge >= 0.3 is 0 Å². The first-order valence-corrected chi connectivity index (χ1v) is 13.4. The molecule has 0 fully saturated rings. The molecule has 0 bridgehead atoms. The molecule has 30 heavy (non-hydrogen) atoms. The lowest BCUT2D eigenvalue weighted by molar-refractivity contribution is -0.124. The predicted octanol–water partition coefficient (Wildman–Crippen LogP) is 7.66. The van der Waals surface area contributed by atoms with Crippen LogP contribution in [0.15, 0.2) is 16.9 Å². The third-order valence-electron chi connectivity index (χ3n) is 5.84. The van der Waals surface area contributed by atoms with Gasteiger partial charge < -0.3 is 5.32 Å². The van der Waals surface area contributed by atoms with Crippen LogP contribution in [0.25, 0.3) is 0 Å². The van der Waals surface area contributed by atoms with E-state index in [1.54, 1.807) is 6.20 Å². The van der Waals surface area contributed by atoms with Crippen molar-refractivity contribution in [1.82, 2.24) is 15.1 Å². The zero-order chi connectivity index (χ0) is 21.9. The smallest absolute Gasteiger partial charge is 0.224 e. The summed E-state index contributed by atoms with van der Waals surface area (Å²) >= 11 is 3.38. The summed E-state index contributed by atoms with van der Waals surface area (Å²) in [6.45, 7) is 5.66. The number of nitrogens with zero attached hydrogens (tertiary/aromatic N) is 2. The highest BCUT2D eigenvalue weighted by Crippen LogP contribution is 2.14. The van der Waals surface area contributed by atoms with Crippen molar-refractivity contribution in [2.24, 2.45) is 5.92 Å². The van der Waals surface area contributed by atoms with E-state index in [9.17, 15) is 4.79 Å². The Morgan fingerprint density at radius 2 is 1.37 bits per heavy atom. The molecule has 1 aromatic heterocycles. The van der Waals surface area contributed by atoms with Crippen LogP contribution in [-0.4, -0.2) is 22.2 Å². The van der Waals surface area contributed by atoms with Crippen LogP contribution in [-0.2, 0) is 11.3 Å². The molecular weight excluding hydrogens is 438 g/mol. The van der Waals surface area contributed by atoms with Gasteiger partial charge in [0, 0.05) is 12.7 Å². The first-order chi connectivity index (χ1) is 14.6. The molecule has 0 radical (unpaired) electrons. The van der Waals surface area contributed by atoms with E-state index >= 15 is 0 Å². The van der Waals surface area contributed by atoms with Gasteiger partial charge in [-0.2, -0.15) is 5.10 Å². The maximum absolute atomic E-state index is 12.2. The van der Waals surface area contributed by atoms with E-state index in [1.165, 1.54) is 96.3 Å². The number of carbonyl (C=O) groups excluding carboxylic acids is 1. The topological polar surface area (TPSA) is 46.9 Å². The van der Waals surface area contributed by atoms with Crippen LogP contribution < -0.4 is 5.32 Å². The summed E-state index contributed by atoms with van der Waals surface area (Å²) in [5.41, 5.74) is 0. The van der Waals surface area contributed by atoms with E-state index in [1.807, 2.05) is 17.8 Å². The molecular formula is C25H46BrN3O. The lowest BCUT2D eigenvalue weighted by Gasteiger charge is -2.12. The SMILES string of the molecule is CCCCCCCCCCCCCCCCCCNC(=O)C(C)Cn1cc(Br)cn1. The van der Waals surface area contributed by atoms with Gasteiger partial charge in [-0.25, -0.2) is 0 Å². The molecule has 4 nitrogen and oxygen atoms in total. The van der Waals surface area contributed by atoms with Gasteiger partial charge in [0.15, 0.2) is 0 Å². The molecule has 0 spiro atoms. The number of hydrogen-bond donors (Lipinski definition) is 1. The second kappa shape index (κ2) is 18.9. The molecule has 1 heterocycles. The van der Waals surface area contributed by atoms with Crippen molar-refractivity contribution in [2.75, 3.05) is 6.54 Å². The molecule has 0 saturated heterocycles. The molecule has 1 aromatic rings. The number of unbranched alkanes of at least 4 members (excludes halogenated alkanes) is 15. The van der Waals surface area contributed by atoms with Crippen LogP contribution in [0.1, 0.15) is 117 Å². The number of amides is 1. The summed E-state index contributed by atoms with van der Waals surface area (Å²) in [4.78, 5) is 12.2. The number of rotatable bonds is 20. The van der Waals surface area contributed by atoms with Crippen molar-refractivity contribution in [3.63, 3.8) is 0 Å². The van der Waals surface area contributed by atoms with Crippen molar-refractivity contribution < 1.29 is 4.79 Å². The average Bonchev–Trinajstić information content (AvgIpc) is 3.14. The fraction of sp³-hybridized carbons (Fsp3) is 0.840. The summed E-state index contributed by atoms with van der Waals surface area (Å²) in [5, 5.41) is 7.28.